The average Bonchev–Trinajstić information content (AvgIpc) is 3.58. The lowest BCUT2D eigenvalue weighted by Crippen LogP contribution is -2.71. The Labute approximate surface area is 265 Å². The highest BCUT2D eigenvalue weighted by atomic mass is 32.2. The van der Waals surface area contributed by atoms with Gasteiger partial charge in [0.05, 0.1) is 10.4 Å². The van der Waals surface area contributed by atoms with Gasteiger partial charge in [0.25, 0.3) is 11.8 Å². The number of nitrogens with one attached hydrogen (secondary N) is 3. The second-order valence-electron chi connectivity index (χ2n) is 9.69. The molecule has 1 fully saturated rings. The van der Waals surface area contributed by atoms with Gasteiger partial charge in [0, 0.05) is 23.7 Å². The third-order valence-corrected chi connectivity index (χ3v) is 9.61. The first-order valence-electron chi connectivity index (χ1n) is 12.9. The molecule has 6 N–H and O–H groups in total. The minimum absolute atomic E-state index is 0.00447. The molecule has 2 aliphatic heterocycles. The molecule has 15 nitrogen and oxygen atoms in total. The van der Waals surface area contributed by atoms with Gasteiger partial charge in [-0.3, -0.25) is 29.1 Å². The maximum absolute atomic E-state index is 13.7. The number of carboxylic acids is 1. The van der Waals surface area contributed by atoms with Crippen molar-refractivity contribution >= 4 is 74.9 Å². The molecule has 3 atom stereocenters. The molecule has 0 saturated carbocycles. The molecule has 228 valence electrons. The van der Waals surface area contributed by atoms with Crippen molar-refractivity contribution in [3.05, 3.63) is 85.9 Å². The van der Waals surface area contributed by atoms with Crippen LogP contribution in [0.15, 0.2) is 64.3 Å². The summed E-state index contributed by atoms with van der Waals surface area (Å²) < 4.78 is 0. The zero-order valence-corrected chi connectivity index (χ0v) is 24.9. The number of thioether (sulfide) groups is 1. The highest BCUT2D eigenvalue weighted by Gasteiger charge is 2.55. The van der Waals surface area contributed by atoms with Crippen LogP contribution in [-0.2, 0) is 14.4 Å². The van der Waals surface area contributed by atoms with Gasteiger partial charge in [-0.1, -0.05) is 29.6 Å². The fraction of sp³-hybridized carbons (Fsp3) is 0.148. The van der Waals surface area contributed by atoms with Crippen molar-refractivity contribution in [3.8, 4) is 11.5 Å². The number of rotatable bonds is 8. The Morgan fingerprint density at radius 1 is 1.16 bits per heavy atom. The average molecular weight is 666 g/mol. The smallest absolute Gasteiger partial charge is 0.353 e. The summed E-state index contributed by atoms with van der Waals surface area (Å²) in [6, 6.07) is 3.86. The number of carbonyl (C=O) groups excluding carboxylic acids is 3. The zero-order chi connectivity index (χ0) is 32.0. The van der Waals surface area contributed by atoms with E-state index in [0.29, 0.717) is 10.5 Å². The minimum Gasteiger partial charge on any atom is -0.504 e. The molecule has 6 rings (SSSR count). The molecule has 0 aliphatic carbocycles. The standard InChI is InChI=1S/C27H19N7O8S3/c35-14-4-3-10(6-15(14)36)16(31-22(38)11-7-29-13-2-1-5-28-17(13)20(11)37)23(39)32-18-25(40)34-19(27(41)42)12(8-44-26(18)34)21(43)24-33-30-9-45-24/h1-7,9,16,18,26,35-36H,8H2,(H,29,37)(H,31,38)(H,32,39)(H,41,42)/t16?,18?,26-/m0/s1. The van der Waals surface area contributed by atoms with Crippen LogP contribution < -0.4 is 16.1 Å². The van der Waals surface area contributed by atoms with Gasteiger partial charge in [0.1, 0.15) is 39.7 Å². The molecule has 18 heteroatoms. The number of aromatic nitrogens is 4. The largest absolute Gasteiger partial charge is 0.504 e. The fourth-order valence-corrected chi connectivity index (χ4v) is 7.19. The monoisotopic (exact) mass is 665 g/mol. The van der Waals surface area contributed by atoms with Crippen LogP contribution >= 0.6 is 35.3 Å². The molecule has 1 aromatic carbocycles. The van der Waals surface area contributed by atoms with Crippen LogP contribution in [0.2, 0.25) is 0 Å². The first kappa shape index (κ1) is 29.9. The van der Waals surface area contributed by atoms with Gasteiger partial charge in [0.2, 0.25) is 11.3 Å². The van der Waals surface area contributed by atoms with Crippen LogP contribution in [0.1, 0.15) is 27.0 Å². The van der Waals surface area contributed by atoms with Gasteiger partial charge in [-0.05, 0) is 29.8 Å². The molecule has 0 spiro atoms. The van der Waals surface area contributed by atoms with Crippen molar-refractivity contribution in [1.82, 2.24) is 35.7 Å². The lowest BCUT2D eigenvalue weighted by atomic mass is 9.99. The summed E-state index contributed by atoms with van der Waals surface area (Å²) in [5.41, 5.74) is 0.673. The Morgan fingerprint density at radius 2 is 1.96 bits per heavy atom. The van der Waals surface area contributed by atoms with E-state index in [4.69, 9.17) is 12.2 Å². The van der Waals surface area contributed by atoms with E-state index < -0.39 is 58.1 Å². The SMILES string of the molecule is O=C(O)C1=C(C(=S)c2nncs2)CS[C@H]2C(NC(=O)C(NC(=O)c3c[nH]c4cccnc4c3=O)c3ccc(O)c(O)c3)C(=O)N12. The van der Waals surface area contributed by atoms with Crippen molar-refractivity contribution in [3.63, 3.8) is 0 Å². The number of thiocarbonyl (C=S) groups is 1. The molecular formula is C27H19N7O8S3. The number of β-lactam (4-membered cyclic amide) rings is 1. The minimum atomic E-state index is -1.56. The Balaban J connectivity index is 1.27. The Morgan fingerprint density at radius 3 is 2.67 bits per heavy atom. The van der Waals surface area contributed by atoms with Crippen LogP contribution in [-0.4, -0.2) is 86.1 Å². The lowest BCUT2D eigenvalue weighted by molar-refractivity contribution is -0.150. The van der Waals surface area contributed by atoms with E-state index in [1.54, 1.807) is 12.1 Å². The number of aromatic hydroxyl groups is 2. The summed E-state index contributed by atoms with van der Waals surface area (Å²) in [5.74, 6) is -4.96. The lowest BCUT2D eigenvalue weighted by Gasteiger charge is -2.49. The summed E-state index contributed by atoms with van der Waals surface area (Å²) in [7, 11) is 0. The van der Waals surface area contributed by atoms with E-state index in [-0.39, 0.29) is 38.5 Å². The topological polar surface area (TPSA) is 228 Å². The quantitative estimate of drug-likeness (QED) is 0.0664. The van der Waals surface area contributed by atoms with Gasteiger partial charge in [-0.25, -0.2) is 4.79 Å². The van der Waals surface area contributed by atoms with Crippen molar-refractivity contribution in [1.29, 1.82) is 0 Å². The van der Waals surface area contributed by atoms with Crippen molar-refractivity contribution in [2.45, 2.75) is 17.5 Å². The van der Waals surface area contributed by atoms with E-state index in [0.717, 1.165) is 28.4 Å². The highest BCUT2D eigenvalue weighted by molar-refractivity contribution is 8.00. The van der Waals surface area contributed by atoms with Crippen molar-refractivity contribution in [2.24, 2.45) is 0 Å². The molecule has 1 saturated heterocycles. The number of hydrogen-bond donors (Lipinski definition) is 6. The van der Waals surface area contributed by atoms with Crippen LogP contribution in [0.25, 0.3) is 11.0 Å². The summed E-state index contributed by atoms with van der Waals surface area (Å²) in [5, 5.41) is 42.0. The van der Waals surface area contributed by atoms with E-state index in [1.807, 2.05) is 0 Å². The van der Waals surface area contributed by atoms with Gasteiger partial charge in [-0.2, -0.15) is 0 Å². The molecule has 3 aromatic heterocycles. The molecule has 0 bridgehead atoms. The van der Waals surface area contributed by atoms with E-state index in [2.05, 4.69) is 30.8 Å². The molecule has 45 heavy (non-hydrogen) atoms. The van der Waals surface area contributed by atoms with Crippen LogP contribution in [0, 0.1) is 0 Å². The van der Waals surface area contributed by atoms with Gasteiger partial charge in [0.15, 0.2) is 16.5 Å². The number of aromatic amines is 1. The number of hydrogen-bond acceptors (Lipinski definition) is 13. The van der Waals surface area contributed by atoms with E-state index in [1.165, 1.54) is 35.7 Å². The number of benzene rings is 1. The summed E-state index contributed by atoms with van der Waals surface area (Å²) in [4.78, 5) is 73.5. The maximum atomic E-state index is 13.7. The van der Waals surface area contributed by atoms with E-state index in [9.17, 15) is 39.3 Å². The predicted octanol–water partition coefficient (Wildman–Crippen LogP) is 0.814. The Hall–Kier alpha value is -5.20. The second kappa shape index (κ2) is 11.7. The summed E-state index contributed by atoms with van der Waals surface area (Å²) in [6.07, 6.45) is 2.55. The number of nitrogens with zero attached hydrogens (tertiary/aromatic N) is 4. The number of carboxylic acid groups (broad SMARTS) is 1. The van der Waals surface area contributed by atoms with Crippen LogP contribution in [0.5, 0.6) is 11.5 Å². The third-order valence-electron chi connectivity index (χ3n) is 7.05. The molecule has 3 amide bonds. The first-order chi connectivity index (χ1) is 21.6. The highest BCUT2D eigenvalue weighted by Crippen LogP contribution is 2.41. The molecule has 2 aliphatic rings. The first-order valence-corrected chi connectivity index (χ1v) is 15.2. The third kappa shape index (κ3) is 5.28. The number of carbonyl (C=O) groups is 4. The number of phenols is 2. The molecule has 0 radical (unpaired) electrons. The normalized spacial score (nSPS) is 18.1. The summed E-state index contributed by atoms with van der Waals surface area (Å²) in [6.45, 7) is 0. The number of pyridine rings is 2. The molecule has 4 aromatic rings. The van der Waals surface area contributed by atoms with Crippen molar-refractivity contribution in [2.75, 3.05) is 5.75 Å². The Bertz CT molecular complexity index is 2010. The van der Waals surface area contributed by atoms with Crippen molar-refractivity contribution < 1.29 is 34.5 Å². The van der Waals surface area contributed by atoms with Crippen LogP contribution in [0.3, 0.4) is 0 Å². The summed E-state index contributed by atoms with van der Waals surface area (Å²) >= 11 is 7.72. The van der Waals surface area contributed by atoms with Gasteiger partial charge in [-0.15, -0.1) is 22.0 Å². The van der Waals surface area contributed by atoms with Gasteiger partial charge < -0.3 is 30.9 Å². The fourth-order valence-electron chi connectivity index (χ4n) is 4.87. The van der Waals surface area contributed by atoms with E-state index >= 15 is 0 Å². The number of phenolic OH excluding ortho intramolecular Hbond substituents is 2. The van der Waals surface area contributed by atoms with Crippen LogP contribution in [0.4, 0.5) is 0 Å². The molecule has 5 heterocycles. The number of aliphatic carboxylic acids is 1. The predicted molar refractivity (Wildman–Crippen MR) is 164 cm³/mol. The zero-order valence-electron chi connectivity index (χ0n) is 22.5. The second-order valence-corrected chi connectivity index (χ2v) is 12.0. The molecular weight excluding hydrogens is 647 g/mol. The number of H-pyrrole nitrogens is 1. The Kier molecular flexibility index (Phi) is 7.77. The number of fused-ring (bicyclic) bond motifs is 2. The maximum Gasteiger partial charge on any atom is 0.353 e. The number of amides is 3. The molecule has 2 unspecified atom stereocenters. The van der Waals surface area contributed by atoms with Gasteiger partial charge >= 0.3 is 5.97 Å².